The van der Waals surface area contributed by atoms with Crippen molar-refractivity contribution in [1.82, 2.24) is 0 Å². The third-order valence-corrected chi connectivity index (χ3v) is 5.67. The van der Waals surface area contributed by atoms with Crippen LogP contribution in [0.5, 0.6) is 11.5 Å². The van der Waals surface area contributed by atoms with Gasteiger partial charge in [-0.3, -0.25) is 0 Å². The Morgan fingerprint density at radius 1 is 0.933 bits per heavy atom. The lowest BCUT2D eigenvalue weighted by molar-refractivity contribution is -0.142. The highest BCUT2D eigenvalue weighted by Crippen LogP contribution is 2.37. The first-order chi connectivity index (χ1) is 14.5. The molecule has 0 aromatic heterocycles. The van der Waals surface area contributed by atoms with Gasteiger partial charge in [-0.25, -0.2) is 9.18 Å². The minimum absolute atomic E-state index is 0.145. The molecule has 156 valence electrons. The molecule has 4 nitrogen and oxygen atoms in total. The molecule has 0 N–H and O–H groups in total. The van der Waals surface area contributed by atoms with Crippen molar-refractivity contribution in [2.45, 2.75) is 17.6 Å². The number of aryl methyl sites for hydroxylation is 1. The summed E-state index contributed by atoms with van der Waals surface area (Å²) in [6.45, 7) is 1.78. The molecule has 0 saturated heterocycles. The Morgan fingerprint density at radius 3 is 2.17 bits per heavy atom. The van der Waals surface area contributed by atoms with Crippen LogP contribution in [0.25, 0.3) is 11.1 Å². The van der Waals surface area contributed by atoms with Crippen molar-refractivity contribution < 1.29 is 23.4 Å². The number of hydrogen-bond donors (Lipinski definition) is 0. The van der Waals surface area contributed by atoms with E-state index in [4.69, 9.17) is 9.47 Å². The van der Waals surface area contributed by atoms with Crippen molar-refractivity contribution in [3.63, 3.8) is 0 Å². The van der Waals surface area contributed by atoms with Gasteiger partial charge in [0.15, 0.2) is 6.61 Å². The molecule has 0 heterocycles. The van der Waals surface area contributed by atoms with Crippen LogP contribution in [0.2, 0.25) is 0 Å². The zero-order chi connectivity index (χ0) is 21.5. The van der Waals surface area contributed by atoms with E-state index in [0.717, 1.165) is 32.9 Å². The zero-order valence-corrected chi connectivity index (χ0v) is 17.9. The van der Waals surface area contributed by atoms with E-state index in [2.05, 4.69) is 16.9 Å². The van der Waals surface area contributed by atoms with Crippen molar-refractivity contribution >= 4 is 17.7 Å². The third kappa shape index (κ3) is 5.54. The largest absolute Gasteiger partial charge is 0.495 e. The lowest BCUT2D eigenvalue weighted by Crippen LogP contribution is -2.13. The Kier molecular flexibility index (Phi) is 7.36. The summed E-state index contributed by atoms with van der Waals surface area (Å²) in [4.78, 5) is 12.3. The maximum Gasteiger partial charge on any atom is 0.343 e. The smallest absolute Gasteiger partial charge is 0.343 e. The van der Waals surface area contributed by atoms with Crippen LogP contribution in [0.1, 0.15) is 11.1 Å². The number of benzene rings is 3. The highest BCUT2D eigenvalue weighted by molar-refractivity contribution is 7.98. The van der Waals surface area contributed by atoms with Crippen molar-refractivity contribution in [1.29, 1.82) is 0 Å². The number of methoxy groups -OCH3 is 2. The molecule has 0 atom stereocenters. The second kappa shape index (κ2) is 10.2. The number of rotatable bonds is 8. The van der Waals surface area contributed by atoms with Crippen molar-refractivity contribution in [3.05, 3.63) is 77.6 Å². The first-order valence-corrected chi connectivity index (χ1v) is 10.3. The fraction of sp³-hybridized carbons (Fsp3) is 0.208. The summed E-state index contributed by atoms with van der Waals surface area (Å²) in [5, 5.41) is 0. The molecule has 0 spiro atoms. The van der Waals surface area contributed by atoms with E-state index in [-0.39, 0.29) is 12.4 Å². The summed E-state index contributed by atoms with van der Waals surface area (Å²) in [5.41, 5.74) is 4.10. The number of carbonyl (C=O) groups is 1. The molecule has 0 unspecified atom stereocenters. The second-order valence-corrected chi connectivity index (χ2v) is 7.64. The van der Waals surface area contributed by atoms with Crippen molar-refractivity contribution in [2.75, 3.05) is 20.8 Å². The summed E-state index contributed by atoms with van der Waals surface area (Å²) in [7, 11) is 2.93. The number of ether oxygens (including phenoxy) is 3. The van der Waals surface area contributed by atoms with E-state index >= 15 is 0 Å². The van der Waals surface area contributed by atoms with Crippen molar-refractivity contribution in [2.24, 2.45) is 0 Å². The Morgan fingerprint density at radius 2 is 1.57 bits per heavy atom. The molecule has 3 rings (SSSR count). The monoisotopic (exact) mass is 426 g/mol. The summed E-state index contributed by atoms with van der Waals surface area (Å²) in [6.07, 6.45) is 0. The number of thioether (sulfide) groups is 1. The number of halogens is 1. The Bertz CT molecular complexity index is 1000. The molecular formula is C24H23FO4S. The van der Waals surface area contributed by atoms with Gasteiger partial charge in [0.05, 0.1) is 19.1 Å². The summed E-state index contributed by atoms with van der Waals surface area (Å²) < 4.78 is 28.7. The molecule has 0 aliphatic heterocycles. The third-order valence-electron chi connectivity index (χ3n) is 4.56. The van der Waals surface area contributed by atoms with Crippen molar-refractivity contribution in [3.8, 4) is 22.6 Å². The number of esters is 1. The maximum atomic E-state index is 13.1. The first kappa shape index (κ1) is 21.7. The number of carbonyl (C=O) groups excluding carboxylic acids is 1. The fourth-order valence-electron chi connectivity index (χ4n) is 2.86. The quantitative estimate of drug-likeness (QED) is 0.344. The molecule has 0 fully saturated rings. The lowest BCUT2D eigenvalue weighted by Gasteiger charge is -2.14. The van der Waals surface area contributed by atoms with Gasteiger partial charge in [-0.05, 0) is 47.4 Å². The predicted octanol–water partition coefficient (Wildman–Crippen LogP) is 5.65. The van der Waals surface area contributed by atoms with Gasteiger partial charge >= 0.3 is 5.97 Å². The van der Waals surface area contributed by atoms with Gasteiger partial charge in [-0.1, -0.05) is 36.4 Å². The first-order valence-electron chi connectivity index (χ1n) is 9.36. The number of hydrogen-bond acceptors (Lipinski definition) is 5. The van der Waals surface area contributed by atoms with Crippen LogP contribution in [-0.2, 0) is 15.3 Å². The highest BCUT2D eigenvalue weighted by atomic mass is 32.2. The van der Waals surface area contributed by atoms with Crippen LogP contribution in [0.4, 0.5) is 4.39 Å². The SMILES string of the molecule is COC(=O)COc1cc(OC)c(SCc2ccc(-c3ccc(F)cc3)cc2)cc1C. The predicted molar refractivity (Wildman–Crippen MR) is 117 cm³/mol. The Balaban J connectivity index is 1.68. The molecule has 0 saturated carbocycles. The van der Waals surface area contributed by atoms with E-state index in [9.17, 15) is 9.18 Å². The molecule has 3 aromatic rings. The molecule has 0 aliphatic carbocycles. The van der Waals surface area contributed by atoms with Gasteiger partial charge in [0.2, 0.25) is 0 Å². The Hall–Kier alpha value is -2.99. The molecule has 0 amide bonds. The van der Waals surface area contributed by atoms with Gasteiger partial charge < -0.3 is 14.2 Å². The van der Waals surface area contributed by atoms with E-state index in [1.165, 1.54) is 19.2 Å². The average Bonchev–Trinajstić information content (AvgIpc) is 2.77. The summed E-state index contributed by atoms with van der Waals surface area (Å²) >= 11 is 1.66. The van der Waals surface area contributed by atoms with E-state index in [1.807, 2.05) is 25.1 Å². The zero-order valence-electron chi connectivity index (χ0n) is 17.1. The molecular weight excluding hydrogens is 403 g/mol. The minimum Gasteiger partial charge on any atom is -0.495 e. The topological polar surface area (TPSA) is 44.8 Å². The van der Waals surface area contributed by atoms with Gasteiger partial charge in [-0.15, -0.1) is 11.8 Å². The van der Waals surface area contributed by atoms with Gasteiger partial charge in [0, 0.05) is 11.8 Å². The molecule has 6 heteroatoms. The molecule has 30 heavy (non-hydrogen) atoms. The van der Waals surface area contributed by atoms with E-state index in [1.54, 1.807) is 37.1 Å². The van der Waals surface area contributed by atoms with Crippen LogP contribution in [0.15, 0.2) is 65.6 Å². The minimum atomic E-state index is -0.434. The second-order valence-electron chi connectivity index (χ2n) is 6.63. The van der Waals surface area contributed by atoms with Crippen LogP contribution >= 0.6 is 11.8 Å². The van der Waals surface area contributed by atoms with E-state index < -0.39 is 5.97 Å². The van der Waals surface area contributed by atoms with Crippen LogP contribution in [-0.4, -0.2) is 26.8 Å². The normalized spacial score (nSPS) is 10.5. The molecule has 3 aromatic carbocycles. The molecule has 0 radical (unpaired) electrons. The molecule has 0 aliphatic rings. The van der Waals surface area contributed by atoms with Crippen LogP contribution in [0, 0.1) is 12.7 Å². The Labute approximate surface area is 180 Å². The highest BCUT2D eigenvalue weighted by Gasteiger charge is 2.12. The summed E-state index contributed by atoms with van der Waals surface area (Å²) in [6, 6.07) is 18.5. The van der Waals surface area contributed by atoms with Gasteiger partial charge in [-0.2, -0.15) is 0 Å². The van der Waals surface area contributed by atoms with Gasteiger partial charge in [0.1, 0.15) is 17.3 Å². The van der Waals surface area contributed by atoms with Crippen LogP contribution < -0.4 is 9.47 Å². The maximum absolute atomic E-state index is 13.1. The lowest BCUT2D eigenvalue weighted by atomic mass is 10.0. The average molecular weight is 427 g/mol. The fourth-order valence-corrected chi connectivity index (χ4v) is 3.92. The van der Waals surface area contributed by atoms with Crippen LogP contribution in [0.3, 0.4) is 0 Å². The molecule has 0 bridgehead atoms. The summed E-state index contributed by atoms with van der Waals surface area (Å²) in [5.74, 6) is 1.37. The van der Waals surface area contributed by atoms with E-state index in [0.29, 0.717) is 11.5 Å². The van der Waals surface area contributed by atoms with Gasteiger partial charge in [0.25, 0.3) is 0 Å². The standard InChI is InChI=1S/C24H23FO4S/c1-16-12-23(22(27-2)13-21(16)29-14-24(26)28-3)30-15-17-4-6-18(7-5-17)19-8-10-20(25)11-9-19/h4-13H,14-15H2,1-3H3.